The van der Waals surface area contributed by atoms with Crippen molar-refractivity contribution in [3.8, 4) is 0 Å². The topological polar surface area (TPSA) is 75.2 Å². The molecule has 1 aromatic carbocycles. The van der Waals surface area contributed by atoms with Gasteiger partial charge in [0, 0.05) is 18.7 Å². The molecule has 1 aliphatic rings. The number of anilines is 2. The molecule has 0 radical (unpaired) electrons. The number of carbonyl (C=O) groups excluding carboxylic acids is 2. The summed E-state index contributed by atoms with van der Waals surface area (Å²) in [6.07, 6.45) is 2.03. The number of rotatable bonds is 6. The number of carbonyl (C=O) groups is 2. The van der Waals surface area contributed by atoms with Crippen LogP contribution in [0.25, 0.3) is 0 Å². The second-order valence-corrected chi connectivity index (χ2v) is 8.29. The second-order valence-electron chi connectivity index (χ2n) is 6.11. The summed E-state index contributed by atoms with van der Waals surface area (Å²) in [7, 11) is 0. The number of aryl methyl sites for hydroxylation is 2. The summed E-state index contributed by atoms with van der Waals surface area (Å²) in [6.45, 7) is 5.60. The van der Waals surface area contributed by atoms with Crippen molar-refractivity contribution in [2.75, 3.05) is 16.0 Å². The molecule has 8 heteroatoms. The van der Waals surface area contributed by atoms with E-state index in [9.17, 15) is 9.59 Å². The highest BCUT2D eigenvalue weighted by atomic mass is 32.2. The van der Waals surface area contributed by atoms with Gasteiger partial charge in [0.25, 0.3) is 0 Å². The number of benzene rings is 1. The Morgan fingerprint density at radius 2 is 2.04 bits per heavy atom. The van der Waals surface area contributed by atoms with Crippen LogP contribution in [-0.2, 0) is 9.59 Å². The van der Waals surface area contributed by atoms with Gasteiger partial charge in [0.2, 0.25) is 16.9 Å². The van der Waals surface area contributed by atoms with E-state index in [0.29, 0.717) is 9.47 Å². The molecule has 1 N–H and O–H groups in total. The lowest BCUT2D eigenvalue weighted by atomic mass is 10.1. The quantitative estimate of drug-likeness (QED) is 0.618. The van der Waals surface area contributed by atoms with Crippen LogP contribution in [0.4, 0.5) is 10.8 Å². The fourth-order valence-corrected chi connectivity index (χ4v) is 4.14. The largest absolute Gasteiger partial charge is 0.325 e. The molecule has 1 aliphatic carbocycles. The molecule has 6 nitrogen and oxygen atoms in total. The van der Waals surface area contributed by atoms with Gasteiger partial charge in [0.15, 0.2) is 4.34 Å². The lowest BCUT2D eigenvalue weighted by Gasteiger charge is -2.15. The molecule has 1 saturated carbocycles. The molecule has 0 aliphatic heterocycles. The van der Waals surface area contributed by atoms with Crippen LogP contribution in [0.1, 0.15) is 30.9 Å². The summed E-state index contributed by atoms with van der Waals surface area (Å²) in [6, 6.07) is 6.11. The molecule has 1 fully saturated rings. The summed E-state index contributed by atoms with van der Waals surface area (Å²) in [5.74, 6) is 0.156. The van der Waals surface area contributed by atoms with Gasteiger partial charge in [-0.2, -0.15) is 0 Å². The summed E-state index contributed by atoms with van der Waals surface area (Å²) >= 11 is 2.69. The van der Waals surface area contributed by atoms with E-state index in [4.69, 9.17) is 0 Å². The molecular formula is C17H20N4O2S2. The monoisotopic (exact) mass is 376 g/mol. The molecule has 0 spiro atoms. The molecule has 3 rings (SSSR count). The minimum Gasteiger partial charge on any atom is -0.325 e. The van der Waals surface area contributed by atoms with Gasteiger partial charge in [-0.25, -0.2) is 0 Å². The number of nitrogens with one attached hydrogen (secondary N) is 1. The fourth-order valence-electron chi connectivity index (χ4n) is 2.38. The first kappa shape index (κ1) is 17.9. The average Bonchev–Trinajstić information content (AvgIpc) is 3.27. The van der Waals surface area contributed by atoms with Gasteiger partial charge < -0.3 is 5.32 Å². The van der Waals surface area contributed by atoms with E-state index in [2.05, 4.69) is 15.5 Å². The van der Waals surface area contributed by atoms with E-state index in [0.717, 1.165) is 24.1 Å². The summed E-state index contributed by atoms with van der Waals surface area (Å²) in [4.78, 5) is 25.6. The third-order valence-corrected chi connectivity index (χ3v) is 6.03. The molecule has 2 aromatic rings. The van der Waals surface area contributed by atoms with Gasteiger partial charge >= 0.3 is 0 Å². The maximum absolute atomic E-state index is 12.1. The van der Waals surface area contributed by atoms with Crippen LogP contribution in [0.2, 0.25) is 0 Å². The molecule has 1 aromatic heterocycles. The van der Waals surface area contributed by atoms with Crippen molar-refractivity contribution >= 4 is 45.7 Å². The molecule has 0 bridgehead atoms. The third kappa shape index (κ3) is 4.58. The van der Waals surface area contributed by atoms with Crippen molar-refractivity contribution in [2.45, 2.75) is 44.0 Å². The maximum atomic E-state index is 12.1. The third-order valence-electron chi connectivity index (χ3n) is 3.97. The molecule has 0 atom stereocenters. The number of aromatic nitrogens is 2. The zero-order valence-electron chi connectivity index (χ0n) is 14.4. The molecule has 0 unspecified atom stereocenters. The summed E-state index contributed by atoms with van der Waals surface area (Å²) < 4.78 is 0.692. The van der Waals surface area contributed by atoms with E-state index < -0.39 is 0 Å². The van der Waals surface area contributed by atoms with Crippen LogP contribution in [0, 0.1) is 13.8 Å². The van der Waals surface area contributed by atoms with Crippen molar-refractivity contribution in [2.24, 2.45) is 0 Å². The van der Waals surface area contributed by atoms with Gasteiger partial charge in [0.1, 0.15) is 0 Å². The number of nitrogens with zero attached hydrogens (tertiary/aromatic N) is 3. The molecule has 132 valence electrons. The van der Waals surface area contributed by atoms with Crippen LogP contribution < -0.4 is 10.2 Å². The maximum Gasteiger partial charge on any atom is 0.234 e. The van der Waals surface area contributed by atoms with Crippen molar-refractivity contribution in [1.29, 1.82) is 0 Å². The van der Waals surface area contributed by atoms with Crippen LogP contribution in [-0.4, -0.2) is 33.8 Å². The molecule has 1 heterocycles. The lowest BCUT2D eigenvalue weighted by molar-refractivity contribution is -0.116. The van der Waals surface area contributed by atoms with Crippen LogP contribution in [0.5, 0.6) is 0 Å². The Morgan fingerprint density at radius 3 is 2.68 bits per heavy atom. The molecule has 2 amide bonds. The first-order valence-electron chi connectivity index (χ1n) is 8.07. The average molecular weight is 377 g/mol. The van der Waals surface area contributed by atoms with Crippen LogP contribution >= 0.6 is 23.1 Å². The van der Waals surface area contributed by atoms with E-state index >= 15 is 0 Å². The van der Waals surface area contributed by atoms with Gasteiger partial charge in [0.05, 0.1) is 5.75 Å². The minimum absolute atomic E-state index is 0.0114. The zero-order chi connectivity index (χ0) is 18.0. The highest BCUT2D eigenvalue weighted by Gasteiger charge is 2.34. The highest BCUT2D eigenvalue weighted by molar-refractivity contribution is 8.01. The Kier molecular flexibility index (Phi) is 5.39. The summed E-state index contributed by atoms with van der Waals surface area (Å²) in [5.41, 5.74) is 3.13. The molecule has 25 heavy (non-hydrogen) atoms. The van der Waals surface area contributed by atoms with E-state index in [1.165, 1.54) is 28.7 Å². The van der Waals surface area contributed by atoms with Crippen LogP contribution in [0.15, 0.2) is 22.5 Å². The Hall–Kier alpha value is -1.93. The van der Waals surface area contributed by atoms with Gasteiger partial charge in [-0.3, -0.25) is 14.5 Å². The van der Waals surface area contributed by atoms with E-state index in [1.54, 1.807) is 11.8 Å². The van der Waals surface area contributed by atoms with E-state index in [-0.39, 0.29) is 23.6 Å². The second kappa shape index (κ2) is 7.53. The van der Waals surface area contributed by atoms with Gasteiger partial charge in [-0.15, -0.1) is 10.2 Å². The Morgan fingerprint density at radius 1 is 1.28 bits per heavy atom. The Labute approximate surface area is 155 Å². The number of hydrogen-bond acceptors (Lipinski definition) is 6. The number of thioether (sulfide) groups is 1. The Balaban J connectivity index is 1.55. The molecular weight excluding hydrogens is 356 g/mol. The SMILES string of the molecule is CC(=O)N(c1nnc(SCC(=O)Nc2ccc(C)c(C)c2)s1)C1CC1. The smallest absolute Gasteiger partial charge is 0.234 e. The van der Waals surface area contributed by atoms with Gasteiger partial charge in [-0.05, 0) is 49.9 Å². The predicted molar refractivity (Wildman–Crippen MR) is 101 cm³/mol. The normalized spacial score (nSPS) is 13.6. The van der Waals surface area contributed by atoms with Crippen molar-refractivity contribution in [3.63, 3.8) is 0 Å². The van der Waals surface area contributed by atoms with Crippen molar-refractivity contribution in [1.82, 2.24) is 10.2 Å². The number of hydrogen-bond donors (Lipinski definition) is 1. The Bertz CT molecular complexity index is 802. The fraction of sp³-hybridized carbons (Fsp3) is 0.412. The molecule has 0 saturated heterocycles. The first-order valence-corrected chi connectivity index (χ1v) is 9.87. The van der Waals surface area contributed by atoms with E-state index in [1.807, 2.05) is 32.0 Å². The van der Waals surface area contributed by atoms with Crippen molar-refractivity contribution < 1.29 is 9.59 Å². The zero-order valence-corrected chi connectivity index (χ0v) is 16.0. The standard InChI is InChI=1S/C17H20N4O2S2/c1-10-4-5-13(8-11(10)2)18-15(23)9-24-17-20-19-16(25-17)21(12(3)22)14-6-7-14/h4-5,8,14H,6-7,9H2,1-3H3,(H,18,23). The highest BCUT2D eigenvalue weighted by Crippen LogP contribution is 2.35. The summed E-state index contributed by atoms with van der Waals surface area (Å²) in [5, 5.41) is 11.7. The van der Waals surface area contributed by atoms with Crippen LogP contribution in [0.3, 0.4) is 0 Å². The minimum atomic E-state index is -0.0874. The lowest BCUT2D eigenvalue weighted by Crippen LogP contribution is -2.30. The first-order chi connectivity index (χ1) is 11.9. The van der Waals surface area contributed by atoms with Gasteiger partial charge in [-0.1, -0.05) is 29.2 Å². The number of amides is 2. The van der Waals surface area contributed by atoms with Crippen molar-refractivity contribution in [3.05, 3.63) is 29.3 Å². The predicted octanol–water partition coefficient (Wildman–Crippen LogP) is 3.40.